The van der Waals surface area contributed by atoms with Gasteiger partial charge in [-0.1, -0.05) is 0 Å². The van der Waals surface area contributed by atoms with Crippen molar-refractivity contribution in [1.29, 1.82) is 0 Å². The minimum atomic E-state index is -0.406. The molecule has 1 rings (SSSR count). The van der Waals surface area contributed by atoms with E-state index >= 15 is 0 Å². The topological polar surface area (TPSA) is 67.4 Å². The third kappa shape index (κ3) is 3.64. The molecule has 0 aromatic carbocycles. The number of hydrogen-bond acceptors (Lipinski definition) is 3. The molecule has 1 aliphatic carbocycles. The van der Waals surface area contributed by atoms with E-state index in [1.54, 1.807) is 6.92 Å². The van der Waals surface area contributed by atoms with Gasteiger partial charge in [0.25, 0.3) is 0 Å². The number of hydrogen-bond donors (Lipinski definition) is 2. The summed E-state index contributed by atoms with van der Waals surface area (Å²) >= 11 is 0. The number of rotatable bonds is 4. The monoisotopic (exact) mass is 200 g/mol. The smallest absolute Gasteiger partial charge is 0.325 e. The molecule has 2 amide bonds. The van der Waals surface area contributed by atoms with Crippen molar-refractivity contribution < 1.29 is 14.3 Å². The molecule has 2 N–H and O–H groups in total. The highest BCUT2D eigenvalue weighted by Crippen LogP contribution is 2.17. The van der Waals surface area contributed by atoms with E-state index in [1.165, 1.54) is 6.42 Å². The first-order valence-corrected chi connectivity index (χ1v) is 4.92. The molecule has 0 aromatic rings. The van der Waals surface area contributed by atoms with Crippen LogP contribution in [0.15, 0.2) is 0 Å². The van der Waals surface area contributed by atoms with Crippen LogP contribution in [-0.4, -0.2) is 31.2 Å². The molecule has 0 spiro atoms. The van der Waals surface area contributed by atoms with Gasteiger partial charge < -0.3 is 15.4 Å². The van der Waals surface area contributed by atoms with Gasteiger partial charge in [0.2, 0.25) is 0 Å². The number of esters is 1. The van der Waals surface area contributed by atoms with Gasteiger partial charge in [0.15, 0.2) is 0 Å². The van der Waals surface area contributed by atoms with Crippen LogP contribution >= 0.6 is 0 Å². The Bertz CT molecular complexity index is 214. The predicted octanol–water partition coefficient (Wildman–Crippen LogP) is 0.401. The van der Waals surface area contributed by atoms with Crippen molar-refractivity contribution in [3.05, 3.63) is 0 Å². The zero-order valence-electron chi connectivity index (χ0n) is 8.34. The molecule has 0 unspecified atom stereocenters. The highest BCUT2D eigenvalue weighted by atomic mass is 16.5. The Labute approximate surface area is 83.2 Å². The Morgan fingerprint density at radius 1 is 1.43 bits per heavy atom. The lowest BCUT2D eigenvalue weighted by Gasteiger charge is -2.26. The summed E-state index contributed by atoms with van der Waals surface area (Å²) in [4.78, 5) is 22.0. The molecule has 80 valence electrons. The molecule has 0 bridgehead atoms. The van der Waals surface area contributed by atoms with Crippen LogP contribution in [0.2, 0.25) is 0 Å². The lowest BCUT2D eigenvalue weighted by atomic mass is 9.93. The molecule has 0 saturated heterocycles. The van der Waals surface area contributed by atoms with Gasteiger partial charge in [-0.05, 0) is 26.2 Å². The van der Waals surface area contributed by atoms with E-state index in [9.17, 15) is 9.59 Å². The van der Waals surface area contributed by atoms with Crippen molar-refractivity contribution >= 4 is 12.0 Å². The van der Waals surface area contributed by atoms with Gasteiger partial charge >= 0.3 is 12.0 Å². The van der Waals surface area contributed by atoms with Crippen LogP contribution in [0.5, 0.6) is 0 Å². The predicted molar refractivity (Wildman–Crippen MR) is 50.8 cm³/mol. The molecule has 0 atom stereocenters. The van der Waals surface area contributed by atoms with E-state index in [1.807, 2.05) is 0 Å². The van der Waals surface area contributed by atoms with Crippen molar-refractivity contribution in [2.24, 2.45) is 0 Å². The molecule has 1 fully saturated rings. The zero-order chi connectivity index (χ0) is 10.4. The third-order valence-corrected chi connectivity index (χ3v) is 2.14. The molecule has 0 radical (unpaired) electrons. The zero-order valence-corrected chi connectivity index (χ0v) is 8.34. The van der Waals surface area contributed by atoms with E-state index in [0.717, 1.165) is 12.8 Å². The summed E-state index contributed by atoms with van der Waals surface area (Å²) in [5, 5.41) is 5.20. The minimum Gasteiger partial charge on any atom is -0.465 e. The molecule has 5 nitrogen and oxygen atoms in total. The van der Waals surface area contributed by atoms with E-state index in [-0.39, 0.29) is 18.6 Å². The fourth-order valence-corrected chi connectivity index (χ4v) is 1.15. The number of urea groups is 1. The minimum absolute atomic E-state index is 0.0631. The largest absolute Gasteiger partial charge is 0.465 e. The third-order valence-electron chi connectivity index (χ3n) is 2.14. The molecule has 0 heterocycles. The highest BCUT2D eigenvalue weighted by Gasteiger charge is 2.19. The number of ether oxygens (including phenoxy) is 1. The van der Waals surface area contributed by atoms with E-state index in [0.29, 0.717) is 6.61 Å². The van der Waals surface area contributed by atoms with Crippen molar-refractivity contribution in [3.8, 4) is 0 Å². The van der Waals surface area contributed by atoms with Gasteiger partial charge in [-0.25, -0.2) is 4.79 Å². The first kappa shape index (κ1) is 10.8. The van der Waals surface area contributed by atoms with E-state index in [4.69, 9.17) is 0 Å². The lowest BCUT2D eigenvalue weighted by Crippen LogP contribution is -2.46. The van der Waals surface area contributed by atoms with Gasteiger partial charge in [0, 0.05) is 6.04 Å². The molecule has 1 aliphatic rings. The Morgan fingerprint density at radius 3 is 2.64 bits per heavy atom. The highest BCUT2D eigenvalue weighted by molar-refractivity contribution is 5.80. The molecule has 1 saturated carbocycles. The summed E-state index contributed by atoms with van der Waals surface area (Å²) in [6, 6.07) is -0.0000476. The number of nitrogens with one attached hydrogen (secondary N) is 2. The summed E-state index contributed by atoms with van der Waals surface area (Å²) in [5.41, 5.74) is 0. The first-order chi connectivity index (χ1) is 6.72. The second-order valence-corrected chi connectivity index (χ2v) is 3.26. The van der Waals surface area contributed by atoms with Crippen molar-refractivity contribution in [2.75, 3.05) is 13.2 Å². The Balaban J connectivity index is 2.04. The second-order valence-electron chi connectivity index (χ2n) is 3.26. The van der Waals surface area contributed by atoms with Crippen molar-refractivity contribution in [2.45, 2.75) is 32.2 Å². The summed E-state index contributed by atoms with van der Waals surface area (Å²) in [5.74, 6) is -0.406. The van der Waals surface area contributed by atoms with Gasteiger partial charge in [-0.15, -0.1) is 0 Å². The second kappa shape index (κ2) is 5.47. The summed E-state index contributed by atoms with van der Waals surface area (Å²) in [7, 11) is 0. The Hall–Kier alpha value is -1.26. The average molecular weight is 200 g/mol. The van der Waals surface area contributed by atoms with Crippen LogP contribution < -0.4 is 10.6 Å². The van der Waals surface area contributed by atoms with Crippen molar-refractivity contribution in [3.63, 3.8) is 0 Å². The van der Waals surface area contributed by atoms with Gasteiger partial charge in [0.1, 0.15) is 6.54 Å². The normalized spacial score (nSPS) is 15.5. The van der Waals surface area contributed by atoms with Crippen molar-refractivity contribution in [1.82, 2.24) is 10.6 Å². The van der Waals surface area contributed by atoms with Crippen LogP contribution in [0.3, 0.4) is 0 Å². The fourth-order valence-electron chi connectivity index (χ4n) is 1.15. The van der Waals surface area contributed by atoms with Gasteiger partial charge in [-0.2, -0.15) is 0 Å². The summed E-state index contributed by atoms with van der Waals surface area (Å²) in [6.45, 7) is 2.00. The Kier molecular flexibility index (Phi) is 4.22. The van der Waals surface area contributed by atoms with Crippen LogP contribution in [0.25, 0.3) is 0 Å². The molecule has 0 aromatic heterocycles. The SMILES string of the molecule is CCOC(=O)CNC(=O)NC1CCC1. The maximum absolute atomic E-state index is 11.1. The van der Waals surface area contributed by atoms with Crippen LogP contribution in [-0.2, 0) is 9.53 Å². The van der Waals surface area contributed by atoms with Crippen LogP contribution in [0.4, 0.5) is 4.79 Å². The number of amides is 2. The van der Waals surface area contributed by atoms with Gasteiger partial charge in [0.05, 0.1) is 6.61 Å². The maximum atomic E-state index is 11.1. The van der Waals surface area contributed by atoms with E-state index in [2.05, 4.69) is 15.4 Å². The molecule has 14 heavy (non-hydrogen) atoms. The number of carbonyl (C=O) groups is 2. The summed E-state index contributed by atoms with van der Waals surface area (Å²) < 4.78 is 4.66. The van der Waals surface area contributed by atoms with Crippen LogP contribution in [0.1, 0.15) is 26.2 Å². The molecular formula is C9H16N2O3. The quantitative estimate of drug-likeness (QED) is 0.645. The fraction of sp³-hybridized carbons (Fsp3) is 0.778. The summed E-state index contributed by atoms with van der Waals surface area (Å²) in [6.07, 6.45) is 3.24. The molecule has 5 heteroatoms. The molecule has 0 aliphatic heterocycles. The Morgan fingerprint density at radius 2 is 2.14 bits per heavy atom. The lowest BCUT2D eigenvalue weighted by molar-refractivity contribution is -0.141. The van der Waals surface area contributed by atoms with Gasteiger partial charge in [-0.3, -0.25) is 4.79 Å². The van der Waals surface area contributed by atoms with Crippen LogP contribution in [0, 0.1) is 0 Å². The molecular weight excluding hydrogens is 184 g/mol. The maximum Gasteiger partial charge on any atom is 0.325 e. The van der Waals surface area contributed by atoms with E-state index < -0.39 is 5.97 Å². The number of carbonyl (C=O) groups excluding carboxylic acids is 2. The average Bonchev–Trinajstić information content (AvgIpc) is 2.09. The standard InChI is InChI=1S/C9H16N2O3/c1-2-14-8(12)6-10-9(13)11-7-4-3-5-7/h7H,2-6H2,1H3,(H2,10,11,13). The first-order valence-electron chi connectivity index (χ1n) is 4.92.